The van der Waals surface area contributed by atoms with E-state index >= 15 is 0 Å². The molecule has 2 nitrogen and oxygen atoms in total. The molecule has 3 aromatic rings. The second-order valence-corrected chi connectivity index (χ2v) is 9.01. The third kappa shape index (κ3) is 4.95. The van der Waals surface area contributed by atoms with Gasteiger partial charge < -0.3 is 4.98 Å². The van der Waals surface area contributed by atoms with Crippen LogP contribution >= 0.6 is 0 Å². The maximum atomic E-state index is 4.59. The van der Waals surface area contributed by atoms with Crippen molar-refractivity contribution in [3.8, 4) is 0 Å². The van der Waals surface area contributed by atoms with Gasteiger partial charge in [-0.3, -0.25) is 4.98 Å². The molecule has 0 atom stereocenters. The second kappa shape index (κ2) is 8.81. The number of nitrogens with zero attached hydrogens (tertiary/aromatic N) is 1. The molecule has 0 spiro atoms. The van der Waals surface area contributed by atoms with Crippen LogP contribution in [0.2, 0.25) is 6.32 Å². The number of aromatic nitrogens is 2. The summed E-state index contributed by atoms with van der Waals surface area (Å²) < 4.78 is 0. The molecular formula is C25H33BN2. The van der Waals surface area contributed by atoms with Gasteiger partial charge in [0, 0.05) is 23.2 Å². The largest absolute Gasteiger partial charge is 0.354 e. The van der Waals surface area contributed by atoms with Crippen LogP contribution in [0.4, 0.5) is 0 Å². The molecule has 28 heavy (non-hydrogen) atoms. The van der Waals surface area contributed by atoms with Gasteiger partial charge in [0.1, 0.15) is 0 Å². The molecular weight excluding hydrogens is 339 g/mol. The Morgan fingerprint density at radius 1 is 0.929 bits per heavy atom. The zero-order valence-electron chi connectivity index (χ0n) is 18.0. The van der Waals surface area contributed by atoms with Gasteiger partial charge in [-0.1, -0.05) is 82.0 Å². The summed E-state index contributed by atoms with van der Waals surface area (Å²) >= 11 is 0. The summed E-state index contributed by atoms with van der Waals surface area (Å²) in [5, 5.41) is 0. The van der Waals surface area contributed by atoms with E-state index in [1.807, 2.05) is 6.20 Å². The molecule has 0 unspecified atom stereocenters. The maximum Gasteiger partial charge on any atom is 0.204 e. The van der Waals surface area contributed by atoms with E-state index in [1.54, 1.807) is 0 Å². The number of nitrogens with one attached hydrogen (secondary N) is 1. The smallest absolute Gasteiger partial charge is 0.204 e. The lowest BCUT2D eigenvalue weighted by Gasteiger charge is -2.22. The molecule has 1 aromatic heterocycles. The molecule has 0 aliphatic rings. The molecule has 1 heterocycles. The molecule has 1 N–H and O–H groups in total. The van der Waals surface area contributed by atoms with E-state index in [-0.39, 0.29) is 5.41 Å². The molecule has 0 fully saturated rings. The predicted octanol–water partition coefficient (Wildman–Crippen LogP) is 5.42. The molecule has 3 heteroatoms. The molecule has 0 saturated heterocycles. The van der Waals surface area contributed by atoms with E-state index in [0.29, 0.717) is 5.92 Å². The molecule has 0 saturated carbocycles. The number of benzene rings is 2. The fourth-order valence-electron chi connectivity index (χ4n) is 3.95. The average molecular weight is 372 g/mol. The molecule has 146 valence electrons. The van der Waals surface area contributed by atoms with E-state index in [0.717, 1.165) is 19.3 Å². The fourth-order valence-corrected chi connectivity index (χ4v) is 3.95. The number of hydrogen-bond acceptors (Lipinski definition) is 1. The van der Waals surface area contributed by atoms with Crippen molar-refractivity contribution >= 4 is 13.0 Å². The number of rotatable bonds is 7. The van der Waals surface area contributed by atoms with Crippen LogP contribution in [0.25, 0.3) is 0 Å². The van der Waals surface area contributed by atoms with E-state index in [1.165, 1.54) is 40.8 Å². The van der Waals surface area contributed by atoms with Gasteiger partial charge in [-0.05, 0) is 42.5 Å². The van der Waals surface area contributed by atoms with Gasteiger partial charge in [-0.15, -0.1) is 0 Å². The maximum absolute atomic E-state index is 4.59. The summed E-state index contributed by atoms with van der Waals surface area (Å²) in [6, 6.07) is 17.7. The van der Waals surface area contributed by atoms with Crippen molar-refractivity contribution < 1.29 is 0 Å². The highest BCUT2D eigenvalue weighted by Gasteiger charge is 2.19. The Kier molecular flexibility index (Phi) is 6.44. The van der Waals surface area contributed by atoms with Crippen LogP contribution in [0.15, 0.2) is 54.7 Å². The first-order chi connectivity index (χ1) is 13.4. The first-order valence-electron chi connectivity index (χ1n) is 10.5. The third-order valence-corrected chi connectivity index (χ3v) is 5.72. The van der Waals surface area contributed by atoms with E-state index in [4.69, 9.17) is 0 Å². The molecule has 0 amide bonds. The van der Waals surface area contributed by atoms with Gasteiger partial charge in [-0.2, -0.15) is 0 Å². The summed E-state index contributed by atoms with van der Waals surface area (Å²) in [4.78, 5) is 8.10. The van der Waals surface area contributed by atoms with Crippen LogP contribution in [0.1, 0.15) is 67.5 Å². The minimum absolute atomic E-state index is 0.131. The number of aromatic amines is 1. The van der Waals surface area contributed by atoms with Crippen molar-refractivity contribution in [3.05, 3.63) is 82.7 Å². The number of hydrogen-bond donors (Lipinski definition) is 1. The van der Waals surface area contributed by atoms with Crippen LogP contribution in [-0.2, 0) is 5.41 Å². The van der Waals surface area contributed by atoms with Crippen molar-refractivity contribution in [2.24, 2.45) is 0 Å². The first kappa shape index (κ1) is 20.4. The highest BCUT2D eigenvalue weighted by atomic mass is 14.9. The lowest BCUT2D eigenvalue weighted by Crippen LogP contribution is -2.20. The second-order valence-electron chi connectivity index (χ2n) is 9.01. The Morgan fingerprint density at radius 3 is 2.00 bits per heavy atom. The number of imidazole rings is 1. The standard InChI is InChI=1S/C25H33BN2/c1-18-11-6-8-13-20(18)22(21-14-9-7-12-19(21)2)15-10-16-26-24-27-17-23(28-24)25(3,4)5/h6-9,11-14,17,22,26H,10,15-16H2,1-5H3,(H,27,28). The zero-order valence-corrected chi connectivity index (χ0v) is 18.0. The van der Waals surface area contributed by atoms with Crippen molar-refractivity contribution in [1.29, 1.82) is 0 Å². The Labute approximate surface area is 171 Å². The van der Waals surface area contributed by atoms with Crippen molar-refractivity contribution in [2.45, 2.75) is 65.1 Å². The monoisotopic (exact) mass is 372 g/mol. The average Bonchev–Trinajstić information content (AvgIpc) is 3.13. The van der Waals surface area contributed by atoms with E-state index in [2.05, 4.69) is 93.1 Å². The minimum atomic E-state index is 0.131. The summed E-state index contributed by atoms with van der Waals surface area (Å²) in [5.41, 5.74) is 8.17. The van der Waals surface area contributed by atoms with Gasteiger partial charge in [0.05, 0.1) is 5.72 Å². The fraction of sp³-hybridized carbons (Fsp3) is 0.400. The number of aryl methyl sites for hydroxylation is 2. The Balaban J connectivity index is 1.68. The summed E-state index contributed by atoms with van der Waals surface area (Å²) in [7, 11) is 1.02. The third-order valence-electron chi connectivity index (χ3n) is 5.72. The minimum Gasteiger partial charge on any atom is -0.354 e. The highest BCUT2D eigenvalue weighted by Crippen LogP contribution is 2.33. The van der Waals surface area contributed by atoms with Crippen molar-refractivity contribution in [1.82, 2.24) is 9.97 Å². The molecule has 0 aliphatic heterocycles. The molecule has 0 aliphatic carbocycles. The molecule has 3 rings (SSSR count). The molecule has 0 bridgehead atoms. The predicted molar refractivity (Wildman–Crippen MR) is 122 cm³/mol. The van der Waals surface area contributed by atoms with Crippen molar-refractivity contribution in [2.75, 3.05) is 0 Å². The normalized spacial score (nSPS) is 11.8. The van der Waals surface area contributed by atoms with Gasteiger partial charge in [-0.25, -0.2) is 0 Å². The SMILES string of the molecule is Cc1ccccc1C(CCCBc1ncc(C(C)(C)C)[nH]1)c1ccccc1C. The summed E-state index contributed by atoms with van der Waals surface area (Å²) in [5.74, 6) is 0.462. The molecule has 2 aromatic carbocycles. The van der Waals surface area contributed by atoms with E-state index in [9.17, 15) is 0 Å². The first-order valence-corrected chi connectivity index (χ1v) is 10.5. The van der Waals surface area contributed by atoms with Crippen LogP contribution in [-0.4, -0.2) is 17.2 Å². The molecule has 0 radical (unpaired) electrons. The highest BCUT2D eigenvalue weighted by molar-refractivity contribution is 6.51. The van der Waals surface area contributed by atoms with Gasteiger partial charge >= 0.3 is 0 Å². The number of H-pyrrole nitrogens is 1. The van der Waals surface area contributed by atoms with Crippen LogP contribution in [0, 0.1) is 13.8 Å². The zero-order chi connectivity index (χ0) is 20.1. The Morgan fingerprint density at radius 2 is 1.50 bits per heavy atom. The lowest BCUT2D eigenvalue weighted by atomic mass is 9.70. The van der Waals surface area contributed by atoms with Gasteiger partial charge in [0.2, 0.25) is 7.28 Å². The van der Waals surface area contributed by atoms with Crippen LogP contribution in [0.5, 0.6) is 0 Å². The van der Waals surface area contributed by atoms with Crippen LogP contribution < -0.4 is 5.72 Å². The lowest BCUT2D eigenvalue weighted by molar-refractivity contribution is 0.573. The van der Waals surface area contributed by atoms with E-state index < -0.39 is 0 Å². The summed E-state index contributed by atoms with van der Waals surface area (Å²) in [6.45, 7) is 11.1. The quantitative estimate of drug-likeness (QED) is 0.436. The topological polar surface area (TPSA) is 28.7 Å². The Bertz CT molecular complexity index is 859. The van der Waals surface area contributed by atoms with Crippen molar-refractivity contribution in [3.63, 3.8) is 0 Å². The Hall–Kier alpha value is -2.29. The van der Waals surface area contributed by atoms with Crippen LogP contribution in [0.3, 0.4) is 0 Å². The van der Waals surface area contributed by atoms with Gasteiger partial charge in [0.15, 0.2) is 0 Å². The summed E-state index contributed by atoms with van der Waals surface area (Å²) in [6.07, 6.45) is 5.52. The van der Waals surface area contributed by atoms with Gasteiger partial charge in [0.25, 0.3) is 0 Å².